The first-order chi connectivity index (χ1) is 10.0. The Morgan fingerprint density at radius 1 is 1.19 bits per heavy atom. The van der Waals surface area contributed by atoms with Gasteiger partial charge in [0.2, 0.25) is 0 Å². The third-order valence-electron chi connectivity index (χ3n) is 3.83. The van der Waals surface area contributed by atoms with Crippen molar-refractivity contribution in [2.75, 3.05) is 6.61 Å². The number of ether oxygens (including phenoxy) is 1. The first-order valence-electron chi connectivity index (χ1n) is 7.44. The first kappa shape index (κ1) is 15.6. The molecule has 114 valence electrons. The molecule has 0 saturated carbocycles. The van der Waals surface area contributed by atoms with E-state index in [9.17, 15) is 5.11 Å². The van der Waals surface area contributed by atoms with Gasteiger partial charge in [-0.3, -0.25) is 4.68 Å². The summed E-state index contributed by atoms with van der Waals surface area (Å²) in [7, 11) is 0. The highest BCUT2D eigenvalue weighted by molar-refractivity contribution is 5.29. The molecule has 1 heterocycles. The maximum Gasteiger partial charge on any atom is 0.119 e. The number of aromatic nitrogens is 2. The number of aliphatic hydroxyl groups excluding tert-OH is 1. The summed E-state index contributed by atoms with van der Waals surface area (Å²) in [5, 5.41) is 14.8. The Morgan fingerprint density at radius 2 is 1.86 bits per heavy atom. The topological polar surface area (TPSA) is 47.3 Å². The molecule has 0 fully saturated rings. The van der Waals surface area contributed by atoms with E-state index < -0.39 is 6.10 Å². The Bertz CT molecular complexity index is 588. The van der Waals surface area contributed by atoms with Gasteiger partial charge >= 0.3 is 0 Å². The molecular weight excluding hydrogens is 264 g/mol. The smallest absolute Gasteiger partial charge is 0.119 e. The van der Waals surface area contributed by atoms with Crippen molar-refractivity contribution in [1.82, 2.24) is 9.78 Å². The molecule has 2 rings (SSSR count). The van der Waals surface area contributed by atoms with E-state index in [0.29, 0.717) is 13.2 Å². The van der Waals surface area contributed by atoms with Crippen LogP contribution in [-0.4, -0.2) is 21.5 Å². The monoisotopic (exact) mass is 288 g/mol. The minimum Gasteiger partial charge on any atom is -0.494 e. The van der Waals surface area contributed by atoms with Crippen LogP contribution in [0.5, 0.6) is 5.75 Å². The molecule has 0 amide bonds. The molecule has 1 aromatic heterocycles. The third kappa shape index (κ3) is 3.64. The van der Waals surface area contributed by atoms with E-state index in [0.717, 1.165) is 29.1 Å². The molecule has 0 aliphatic rings. The molecule has 0 radical (unpaired) electrons. The van der Waals surface area contributed by atoms with Crippen LogP contribution >= 0.6 is 0 Å². The van der Waals surface area contributed by atoms with Gasteiger partial charge in [-0.05, 0) is 50.5 Å². The Kier molecular flexibility index (Phi) is 5.02. The van der Waals surface area contributed by atoms with E-state index in [1.54, 1.807) is 0 Å². The van der Waals surface area contributed by atoms with Crippen molar-refractivity contribution < 1.29 is 9.84 Å². The van der Waals surface area contributed by atoms with Crippen LogP contribution in [0.1, 0.15) is 42.0 Å². The maximum absolute atomic E-state index is 10.4. The SMILES string of the molecule is CCCOc1ccc(C(O)Cn2nc(C)c(C)c2C)cc1. The highest BCUT2D eigenvalue weighted by atomic mass is 16.5. The van der Waals surface area contributed by atoms with Gasteiger partial charge in [0.05, 0.1) is 24.9 Å². The largest absolute Gasteiger partial charge is 0.494 e. The summed E-state index contributed by atoms with van der Waals surface area (Å²) in [5.74, 6) is 0.842. The minimum atomic E-state index is -0.567. The summed E-state index contributed by atoms with van der Waals surface area (Å²) < 4.78 is 7.42. The van der Waals surface area contributed by atoms with Gasteiger partial charge in [0, 0.05) is 5.69 Å². The van der Waals surface area contributed by atoms with Gasteiger partial charge in [0.25, 0.3) is 0 Å². The number of hydrogen-bond acceptors (Lipinski definition) is 3. The van der Waals surface area contributed by atoms with Crippen LogP contribution in [0.15, 0.2) is 24.3 Å². The van der Waals surface area contributed by atoms with Crippen LogP contribution in [0.2, 0.25) is 0 Å². The lowest BCUT2D eigenvalue weighted by Crippen LogP contribution is -2.11. The van der Waals surface area contributed by atoms with Crippen LogP contribution in [-0.2, 0) is 6.54 Å². The molecule has 0 spiro atoms. The van der Waals surface area contributed by atoms with Gasteiger partial charge in [0.1, 0.15) is 5.75 Å². The summed E-state index contributed by atoms with van der Waals surface area (Å²) in [6, 6.07) is 7.63. The highest BCUT2D eigenvalue weighted by Crippen LogP contribution is 2.21. The molecule has 4 nitrogen and oxygen atoms in total. The predicted octanol–water partition coefficient (Wildman–Crippen LogP) is 3.33. The van der Waals surface area contributed by atoms with Crippen molar-refractivity contribution in [2.45, 2.75) is 46.8 Å². The van der Waals surface area contributed by atoms with Crippen LogP contribution < -0.4 is 4.74 Å². The van der Waals surface area contributed by atoms with Crippen molar-refractivity contribution in [3.8, 4) is 5.75 Å². The zero-order chi connectivity index (χ0) is 15.4. The van der Waals surface area contributed by atoms with Gasteiger partial charge < -0.3 is 9.84 Å². The Balaban J connectivity index is 2.05. The van der Waals surface area contributed by atoms with Crippen LogP contribution in [0, 0.1) is 20.8 Å². The minimum absolute atomic E-state index is 0.468. The number of aliphatic hydroxyl groups is 1. The van der Waals surface area contributed by atoms with Crippen molar-refractivity contribution in [3.63, 3.8) is 0 Å². The lowest BCUT2D eigenvalue weighted by Gasteiger charge is -2.13. The van der Waals surface area contributed by atoms with Crippen molar-refractivity contribution in [1.29, 1.82) is 0 Å². The van der Waals surface area contributed by atoms with E-state index in [1.807, 2.05) is 42.8 Å². The average Bonchev–Trinajstić information content (AvgIpc) is 2.73. The van der Waals surface area contributed by atoms with Crippen molar-refractivity contribution in [2.24, 2.45) is 0 Å². The second-order valence-corrected chi connectivity index (χ2v) is 5.41. The van der Waals surface area contributed by atoms with E-state index in [1.165, 1.54) is 5.56 Å². The Labute approximate surface area is 126 Å². The molecule has 0 aliphatic heterocycles. The number of hydrogen-bond donors (Lipinski definition) is 1. The van der Waals surface area contributed by atoms with Crippen LogP contribution in [0.4, 0.5) is 0 Å². The van der Waals surface area contributed by atoms with Crippen LogP contribution in [0.25, 0.3) is 0 Å². The summed E-state index contributed by atoms with van der Waals surface area (Å²) in [6.45, 7) is 9.34. The van der Waals surface area contributed by atoms with E-state index in [-0.39, 0.29) is 0 Å². The highest BCUT2D eigenvalue weighted by Gasteiger charge is 2.13. The van der Waals surface area contributed by atoms with Crippen molar-refractivity contribution in [3.05, 3.63) is 46.8 Å². The summed E-state index contributed by atoms with van der Waals surface area (Å²) in [6.07, 6.45) is 0.421. The number of rotatable bonds is 6. The molecule has 0 saturated heterocycles. The zero-order valence-electron chi connectivity index (χ0n) is 13.3. The van der Waals surface area contributed by atoms with E-state index >= 15 is 0 Å². The van der Waals surface area contributed by atoms with E-state index in [2.05, 4.69) is 18.9 Å². The average molecular weight is 288 g/mol. The van der Waals surface area contributed by atoms with Gasteiger partial charge in [-0.25, -0.2) is 0 Å². The number of nitrogens with zero attached hydrogens (tertiary/aromatic N) is 2. The standard InChI is InChI=1S/C17H24N2O2/c1-5-10-21-16-8-6-15(7-9-16)17(20)11-19-14(4)12(2)13(3)18-19/h6-9,17,20H,5,10-11H2,1-4H3. The fourth-order valence-corrected chi connectivity index (χ4v) is 2.24. The molecule has 1 aromatic carbocycles. The fraction of sp³-hybridized carbons (Fsp3) is 0.471. The summed E-state index contributed by atoms with van der Waals surface area (Å²) in [5.41, 5.74) is 4.19. The lowest BCUT2D eigenvalue weighted by molar-refractivity contribution is 0.150. The lowest BCUT2D eigenvalue weighted by atomic mass is 10.1. The molecular formula is C17H24N2O2. The third-order valence-corrected chi connectivity index (χ3v) is 3.83. The number of benzene rings is 1. The zero-order valence-corrected chi connectivity index (χ0v) is 13.3. The quantitative estimate of drug-likeness (QED) is 0.887. The molecule has 1 atom stereocenters. The first-order valence-corrected chi connectivity index (χ1v) is 7.44. The van der Waals surface area contributed by atoms with Gasteiger partial charge in [-0.1, -0.05) is 19.1 Å². The second kappa shape index (κ2) is 6.76. The molecule has 0 bridgehead atoms. The Morgan fingerprint density at radius 3 is 2.38 bits per heavy atom. The fourth-order valence-electron chi connectivity index (χ4n) is 2.24. The maximum atomic E-state index is 10.4. The normalized spacial score (nSPS) is 12.4. The Hall–Kier alpha value is -1.81. The molecule has 1 unspecified atom stereocenters. The van der Waals surface area contributed by atoms with Gasteiger partial charge in [-0.15, -0.1) is 0 Å². The molecule has 21 heavy (non-hydrogen) atoms. The van der Waals surface area contributed by atoms with Gasteiger partial charge in [-0.2, -0.15) is 5.10 Å². The van der Waals surface area contributed by atoms with Crippen LogP contribution in [0.3, 0.4) is 0 Å². The van der Waals surface area contributed by atoms with Crippen molar-refractivity contribution >= 4 is 0 Å². The molecule has 4 heteroatoms. The predicted molar refractivity (Wildman–Crippen MR) is 83.6 cm³/mol. The number of aryl methyl sites for hydroxylation is 1. The molecule has 0 aliphatic carbocycles. The second-order valence-electron chi connectivity index (χ2n) is 5.41. The molecule has 1 N–H and O–H groups in total. The van der Waals surface area contributed by atoms with Gasteiger partial charge in [0.15, 0.2) is 0 Å². The summed E-state index contributed by atoms with van der Waals surface area (Å²) in [4.78, 5) is 0. The molecule has 2 aromatic rings. The summed E-state index contributed by atoms with van der Waals surface area (Å²) >= 11 is 0. The van der Waals surface area contributed by atoms with E-state index in [4.69, 9.17) is 4.74 Å².